The molecule has 0 aliphatic carbocycles. The van der Waals surface area contributed by atoms with Crippen molar-refractivity contribution in [3.05, 3.63) is 91.5 Å². The molecule has 0 spiro atoms. The number of allylic oxidation sites excluding steroid dienone is 8. The highest BCUT2D eigenvalue weighted by atomic mass is 16.3. The van der Waals surface area contributed by atoms with Crippen molar-refractivity contribution in [1.82, 2.24) is 4.98 Å². The first kappa shape index (κ1) is 18.6. The topological polar surface area (TPSA) is 62.2 Å². The minimum atomic E-state index is 0.544. The lowest BCUT2D eigenvalue weighted by Gasteiger charge is -2.03. The van der Waals surface area contributed by atoms with Gasteiger partial charge in [-0.05, 0) is 24.6 Å². The number of pyridine rings is 1. The summed E-state index contributed by atoms with van der Waals surface area (Å²) in [6, 6.07) is 5.80. The number of nitrogens with zero attached hydrogens (tertiary/aromatic N) is 3. The largest absolute Gasteiger partial charge is 0.454 e. The van der Waals surface area contributed by atoms with E-state index >= 15 is 0 Å². The maximum atomic E-state index is 9.17. The highest BCUT2D eigenvalue weighted by molar-refractivity contribution is 5.93. The van der Waals surface area contributed by atoms with Crippen molar-refractivity contribution in [3.8, 4) is 6.07 Å². The summed E-state index contributed by atoms with van der Waals surface area (Å²) in [6.45, 7) is 13.1. The average Bonchev–Trinajstić information content (AvgIpc) is 3.10. The molecule has 0 N–H and O–H groups in total. The van der Waals surface area contributed by atoms with Gasteiger partial charge in [0.25, 0.3) is 0 Å². The molecule has 0 aliphatic rings. The van der Waals surface area contributed by atoms with E-state index in [0.717, 1.165) is 16.7 Å². The fourth-order valence-electron chi connectivity index (χ4n) is 2.30. The van der Waals surface area contributed by atoms with E-state index in [1.54, 1.807) is 49.0 Å². The van der Waals surface area contributed by atoms with Gasteiger partial charge in [-0.25, -0.2) is 0 Å². The van der Waals surface area contributed by atoms with Gasteiger partial charge < -0.3 is 4.42 Å². The van der Waals surface area contributed by atoms with Crippen LogP contribution in [-0.2, 0) is 0 Å². The van der Waals surface area contributed by atoms with Crippen LogP contribution in [0.15, 0.2) is 89.6 Å². The van der Waals surface area contributed by atoms with Crippen LogP contribution < -0.4 is 0 Å². The molecule has 0 unspecified atom stereocenters. The van der Waals surface area contributed by atoms with E-state index < -0.39 is 0 Å². The summed E-state index contributed by atoms with van der Waals surface area (Å²) in [6.07, 6.45) is 13.4. The third-order valence-corrected chi connectivity index (χ3v) is 3.60. The van der Waals surface area contributed by atoms with Gasteiger partial charge in [0.05, 0.1) is 6.07 Å². The Morgan fingerprint density at radius 3 is 2.65 bits per heavy atom. The molecule has 0 atom stereocenters. The van der Waals surface area contributed by atoms with Gasteiger partial charge in [-0.1, -0.05) is 44.0 Å². The zero-order valence-electron chi connectivity index (χ0n) is 14.6. The summed E-state index contributed by atoms with van der Waals surface area (Å²) in [4.78, 5) is 8.48. The van der Waals surface area contributed by atoms with Crippen molar-refractivity contribution >= 4 is 28.5 Å². The van der Waals surface area contributed by atoms with E-state index in [1.165, 1.54) is 0 Å². The van der Waals surface area contributed by atoms with Crippen LogP contribution in [0.1, 0.15) is 18.2 Å². The summed E-state index contributed by atoms with van der Waals surface area (Å²) in [5.41, 5.74) is 4.17. The zero-order valence-corrected chi connectivity index (χ0v) is 14.6. The number of rotatable bonds is 7. The molecule has 128 valence electrons. The Morgan fingerprint density at radius 2 is 2.04 bits per heavy atom. The van der Waals surface area contributed by atoms with E-state index in [-0.39, 0.29) is 0 Å². The number of nitriles is 1. The van der Waals surface area contributed by atoms with Crippen LogP contribution in [0.5, 0.6) is 0 Å². The molecule has 26 heavy (non-hydrogen) atoms. The number of fused-ring (bicyclic) bond motifs is 1. The SMILES string of the molecule is C=C/C=N\C=C(/C=C)c1cc2nccc(/C(C=C)=C/C(C#N)=C\C)c2o1. The van der Waals surface area contributed by atoms with E-state index in [4.69, 9.17) is 4.42 Å². The van der Waals surface area contributed by atoms with Crippen molar-refractivity contribution in [1.29, 1.82) is 5.26 Å². The third kappa shape index (κ3) is 4.03. The van der Waals surface area contributed by atoms with E-state index in [2.05, 4.69) is 35.8 Å². The Balaban J connectivity index is 2.63. The molecule has 0 aliphatic heterocycles. The van der Waals surface area contributed by atoms with Gasteiger partial charge in [-0.15, -0.1) is 0 Å². The molecule has 2 heterocycles. The number of hydrogen-bond donors (Lipinski definition) is 0. The van der Waals surface area contributed by atoms with Crippen LogP contribution in [0.25, 0.3) is 22.2 Å². The van der Waals surface area contributed by atoms with Gasteiger partial charge in [0.1, 0.15) is 11.3 Å². The van der Waals surface area contributed by atoms with Crippen molar-refractivity contribution in [2.24, 2.45) is 4.99 Å². The van der Waals surface area contributed by atoms with Crippen LogP contribution >= 0.6 is 0 Å². The standard InChI is InChI=1S/C22H19N3O/c1-5-10-24-15-18(8-4)21-13-20-22(26-21)19(9-11-25-20)17(7-3)12-16(6-2)14-23/h5-13,15H,1,3-4H2,2H3/b16-6+,17-12+,18-15+,24-10-. The van der Waals surface area contributed by atoms with E-state index in [0.29, 0.717) is 22.4 Å². The molecule has 0 saturated heterocycles. The highest BCUT2D eigenvalue weighted by Crippen LogP contribution is 2.30. The van der Waals surface area contributed by atoms with Gasteiger partial charge in [0.15, 0.2) is 5.58 Å². The van der Waals surface area contributed by atoms with Gasteiger partial charge >= 0.3 is 0 Å². The first-order valence-electron chi connectivity index (χ1n) is 7.95. The number of aliphatic imine (C=N–C) groups is 1. The fourth-order valence-corrected chi connectivity index (χ4v) is 2.30. The Morgan fingerprint density at radius 1 is 1.27 bits per heavy atom. The van der Waals surface area contributed by atoms with Crippen molar-refractivity contribution in [3.63, 3.8) is 0 Å². The van der Waals surface area contributed by atoms with Crippen molar-refractivity contribution in [2.75, 3.05) is 0 Å². The van der Waals surface area contributed by atoms with Crippen molar-refractivity contribution < 1.29 is 4.42 Å². The van der Waals surface area contributed by atoms with Crippen LogP contribution in [0.3, 0.4) is 0 Å². The predicted molar refractivity (Wildman–Crippen MR) is 108 cm³/mol. The molecule has 0 amide bonds. The second-order valence-corrected chi connectivity index (χ2v) is 5.17. The molecule has 2 aromatic heterocycles. The molecule has 4 heteroatoms. The number of furan rings is 1. The van der Waals surface area contributed by atoms with Gasteiger partial charge in [0.2, 0.25) is 0 Å². The molecular weight excluding hydrogens is 322 g/mol. The molecule has 0 bridgehead atoms. The second kappa shape index (κ2) is 8.95. The maximum absolute atomic E-state index is 9.17. The van der Waals surface area contributed by atoms with Crippen LogP contribution in [0.4, 0.5) is 0 Å². The Hall–Kier alpha value is -3.71. The third-order valence-electron chi connectivity index (χ3n) is 3.60. The summed E-state index contributed by atoms with van der Waals surface area (Å²) in [5.74, 6) is 0.603. The molecule has 0 saturated carbocycles. The molecule has 0 aromatic carbocycles. The normalized spacial score (nSPS) is 13.0. The summed E-state index contributed by atoms with van der Waals surface area (Å²) < 4.78 is 6.02. The molecule has 0 fully saturated rings. The lowest BCUT2D eigenvalue weighted by Crippen LogP contribution is -1.85. The molecule has 4 nitrogen and oxygen atoms in total. The summed E-state index contributed by atoms with van der Waals surface area (Å²) >= 11 is 0. The number of aromatic nitrogens is 1. The average molecular weight is 341 g/mol. The van der Waals surface area contributed by atoms with Crippen LogP contribution in [0.2, 0.25) is 0 Å². The van der Waals surface area contributed by atoms with Crippen molar-refractivity contribution in [2.45, 2.75) is 6.92 Å². The first-order chi connectivity index (χ1) is 12.7. The maximum Gasteiger partial charge on any atom is 0.161 e. The lowest BCUT2D eigenvalue weighted by atomic mass is 10.0. The predicted octanol–water partition coefficient (Wildman–Crippen LogP) is 5.65. The minimum absolute atomic E-state index is 0.544. The molecule has 2 aromatic rings. The quantitative estimate of drug-likeness (QED) is 0.371. The van der Waals surface area contributed by atoms with Gasteiger partial charge in [-0.2, -0.15) is 5.26 Å². The summed E-state index contributed by atoms with van der Waals surface area (Å²) in [5, 5.41) is 9.17. The smallest absolute Gasteiger partial charge is 0.161 e. The van der Waals surface area contributed by atoms with Crippen LogP contribution in [0, 0.1) is 11.3 Å². The monoisotopic (exact) mass is 341 g/mol. The lowest BCUT2D eigenvalue weighted by molar-refractivity contribution is 0.599. The Labute approximate surface area is 153 Å². The Bertz CT molecular complexity index is 1010. The highest BCUT2D eigenvalue weighted by Gasteiger charge is 2.13. The molecule has 0 radical (unpaired) electrons. The van der Waals surface area contributed by atoms with Crippen LogP contribution in [-0.4, -0.2) is 11.2 Å². The summed E-state index contributed by atoms with van der Waals surface area (Å²) in [7, 11) is 0. The number of hydrogen-bond acceptors (Lipinski definition) is 4. The zero-order chi connectivity index (χ0) is 18.9. The second-order valence-electron chi connectivity index (χ2n) is 5.17. The van der Waals surface area contributed by atoms with Gasteiger partial charge in [0, 0.05) is 41.4 Å². The van der Waals surface area contributed by atoms with E-state index in [9.17, 15) is 5.26 Å². The first-order valence-corrected chi connectivity index (χ1v) is 7.95. The Kier molecular flexibility index (Phi) is 6.41. The molecule has 2 rings (SSSR count). The fraction of sp³-hybridized carbons (Fsp3) is 0.0455. The van der Waals surface area contributed by atoms with Gasteiger partial charge in [-0.3, -0.25) is 9.98 Å². The van der Waals surface area contributed by atoms with E-state index in [1.807, 2.05) is 19.1 Å². The molecular formula is C22H19N3O. The minimum Gasteiger partial charge on any atom is -0.454 e.